The molecule has 1 aromatic rings. The van der Waals surface area contributed by atoms with E-state index in [-0.39, 0.29) is 6.03 Å². The molecular formula is C13H19ClN2O2. The summed E-state index contributed by atoms with van der Waals surface area (Å²) in [5.74, 6) is 0.661. The highest BCUT2D eigenvalue weighted by atomic mass is 35.5. The van der Waals surface area contributed by atoms with Gasteiger partial charge in [0.1, 0.15) is 5.75 Å². The van der Waals surface area contributed by atoms with Crippen molar-refractivity contribution >= 4 is 17.6 Å². The number of halogens is 1. The van der Waals surface area contributed by atoms with E-state index in [2.05, 4.69) is 10.6 Å². The molecule has 1 aromatic carbocycles. The zero-order valence-corrected chi connectivity index (χ0v) is 11.5. The van der Waals surface area contributed by atoms with Gasteiger partial charge >= 0.3 is 6.03 Å². The molecule has 4 nitrogen and oxygen atoms in total. The summed E-state index contributed by atoms with van der Waals surface area (Å²) in [6.07, 6.45) is 1.67. The number of amides is 2. The standard InChI is InChI=1S/C13H19ClN2O2/c1-3-7-15-13(17)16-8-6-10-4-5-12(18-2)11(14)9-10/h4-5,9H,3,6-8H2,1-2H3,(H2,15,16,17). The first kappa shape index (κ1) is 14.6. The molecule has 2 amide bonds. The molecule has 0 radical (unpaired) electrons. The van der Waals surface area contributed by atoms with Crippen LogP contribution in [-0.2, 0) is 6.42 Å². The number of nitrogens with one attached hydrogen (secondary N) is 2. The van der Waals surface area contributed by atoms with Gasteiger partial charge in [-0.05, 0) is 30.5 Å². The molecule has 0 aliphatic rings. The lowest BCUT2D eigenvalue weighted by atomic mass is 10.1. The summed E-state index contributed by atoms with van der Waals surface area (Å²) < 4.78 is 5.08. The van der Waals surface area contributed by atoms with Crippen LogP contribution >= 0.6 is 11.6 Å². The summed E-state index contributed by atoms with van der Waals surface area (Å²) in [6.45, 7) is 3.29. The normalized spacial score (nSPS) is 9.94. The quantitative estimate of drug-likeness (QED) is 0.835. The first-order chi connectivity index (χ1) is 8.67. The van der Waals surface area contributed by atoms with Crippen LogP contribution in [0.1, 0.15) is 18.9 Å². The molecule has 5 heteroatoms. The second-order valence-corrected chi connectivity index (χ2v) is 4.31. The van der Waals surface area contributed by atoms with Crippen LogP contribution in [0.2, 0.25) is 5.02 Å². The van der Waals surface area contributed by atoms with Gasteiger partial charge in [0.05, 0.1) is 12.1 Å². The Kier molecular flexibility index (Phi) is 6.36. The fraction of sp³-hybridized carbons (Fsp3) is 0.462. The molecule has 0 aliphatic carbocycles. The summed E-state index contributed by atoms with van der Waals surface area (Å²) in [5, 5.41) is 6.13. The van der Waals surface area contributed by atoms with E-state index in [1.807, 2.05) is 25.1 Å². The minimum Gasteiger partial charge on any atom is -0.495 e. The Morgan fingerprint density at radius 2 is 2.06 bits per heavy atom. The van der Waals surface area contributed by atoms with Crippen LogP contribution in [0, 0.1) is 0 Å². The molecule has 0 unspecified atom stereocenters. The van der Waals surface area contributed by atoms with Crippen molar-refractivity contribution in [2.24, 2.45) is 0 Å². The summed E-state index contributed by atoms with van der Waals surface area (Å²) in [4.78, 5) is 11.3. The van der Waals surface area contributed by atoms with Crippen molar-refractivity contribution in [3.05, 3.63) is 28.8 Å². The van der Waals surface area contributed by atoms with Crippen molar-refractivity contribution < 1.29 is 9.53 Å². The van der Waals surface area contributed by atoms with Gasteiger partial charge in [-0.2, -0.15) is 0 Å². The number of carbonyl (C=O) groups excluding carboxylic acids is 1. The minimum absolute atomic E-state index is 0.128. The number of urea groups is 1. The Labute approximate surface area is 113 Å². The molecule has 100 valence electrons. The van der Waals surface area contributed by atoms with Crippen molar-refractivity contribution in [3.8, 4) is 5.75 Å². The summed E-state index contributed by atoms with van der Waals surface area (Å²) in [7, 11) is 1.58. The monoisotopic (exact) mass is 270 g/mol. The molecule has 0 fully saturated rings. The fourth-order valence-corrected chi connectivity index (χ4v) is 1.77. The Hall–Kier alpha value is -1.42. The average Bonchev–Trinajstić information content (AvgIpc) is 2.36. The number of methoxy groups -OCH3 is 1. The van der Waals surface area contributed by atoms with Gasteiger partial charge in [-0.3, -0.25) is 0 Å². The van der Waals surface area contributed by atoms with E-state index in [0.717, 1.165) is 18.4 Å². The van der Waals surface area contributed by atoms with Gasteiger partial charge in [0.25, 0.3) is 0 Å². The number of ether oxygens (including phenoxy) is 1. The number of carbonyl (C=O) groups is 1. The Bertz CT molecular complexity index is 397. The second-order valence-electron chi connectivity index (χ2n) is 3.90. The largest absolute Gasteiger partial charge is 0.495 e. The van der Waals surface area contributed by atoms with E-state index in [0.29, 0.717) is 23.9 Å². The van der Waals surface area contributed by atoms with E-state index < -0.39 is 0 Å². The molecule has 0 saturated carbocycles. The smallest absolute Gasteiger partial charge is 0.314 e. The van der Waals surface area contributed by atoms with Gasteiger partial charge in [0, 0.05) is 13.1 Å². The Balaban J connectivity index is 2.35. The van der Waals surface area contributed by atoms with Crippen LogP contribution in [0.25, 0.3) is 0 Å². The summed E-state index contributed by atoms with van der Waals surface area (Å²) in [6, 6.07) is 5.49. The summed E-state index contributed by atoms with van der Waals surface area (Å²) in [5.41, 5.74) is 1.07. The van der Waals surface area contributed by atoms with E-state index >= 15 is 0 Å². The SMILES string of the molecule is CCCNC(=O)NCCc1ccc(OC)c(Cl)c1. The fourth-order valence-electron chi connectivity index (χ4n) is 1.49. The van der Waals surface area contributed by atoms with E-state index in [1.165, 1.54) is 0 Å². The van der Waals surface area contributed by atoms with Crippen molar-refractivity contribution in [1.82, 2.24) is 10.6 Å². The van der Waals surface area contributed by atoms with Crippen LogP contribution in [-0.4, -0.2) is 26.2 Å². The topological polar surface area (TPSA) is 50.4 Å². The average molecular weight is 271 g/mol. The second kappa shape index (κ2) is 7.82. The van der Waals surface area contributed by atoms with Crippen molar-refractivity contribution in [3.63, 3.8) is 0 Å². The van der Waals surface area contributed by atoms with E-state index in [4.69, 9.17) is 16.3 Å². The molecule has 0 spiro atoms. The molecule has 0 saturated heterocycles. The molecule has 1 rings (SSSR count). The molecule has 18 heavy (non-hydrogen) atoms. The highest BCUT2D eigenvalue weighted by molar-refractivity contribution is 6.32. The third kappa shape index (κ3) is 4.84. The predicted molar refractivity (Wildman–Crippen MR) is 73.4 cm³/mol. The van der Waals surface area contributed by atoms with Crippen LogP contribution in [0.3, 0.4) is 0 Å². The highest BCUT2D eigenvalue weighted by Gasteiger charge is 2.02. The lowest BCUT2D eigenvalue weighted by molar-refractivity contribution is 0.241. The molecular weight excluding hydrogens is 252 g/mol. The zero-order chi connectivity index (χ0) is 13.4. The Morgan fingerprint density at radius 1 is 1.33 bits per heavy atom. The van der Waals surface area contributed by atoms with Crippen molar-refractivity contribution in [2.75, 3.05) is 20.2 Å². The maximum absolute atomic E-state index is 11.3. The number of rotatable bonds is 6. The highest BCUT2D eigenvalue weighted by Crippen LogP contribution is 2.24. The lowest BCUT2D eigenvalue weighted by Crippen LogP contribution is -2.36. The maximum atomic E-state index is 11.3. The van der Waals surface area contributed by atoms with E-state index in [9.17, 15) is 4.79 Å². The molecule has 0 aromatic heterocycles. The maximum Gasteiger partial charge on any atom is 0.314 e. The van der Waals surface area contributed by atoms with Gasteiger partial charge in [-0.25, -0.2) is 4.79 Å². The molecule has 0 heterocycles. The van der Waals surface area contributed by atoms with Gasteiger partial charge in [-0.1, -0.05) is 24.6 Å². The van der Waals surface area contributed by atoms with Gasteiger partial charge in [0.15, 0.2) is 0 Å². The number of hydrogen-bond donors (Lipinski definition) is 2. The van der Waals surface area contributed by atoms with Crippen molar-refractivity contribution in [1.29, 1.82) is 0 Å². The molecule has 2 N–H and O–H groups in total. The van der Waals surface area contributed by atoms with Crippen LogP contribution in [0.5, 0.6) is 5.75 Å². The first-order valence-corrected chi connectivity index (χ1v) is 6.39. The third-order valence-corrected chi connectivity index (χ3v) is 2.75. The lowest BCUT2D eigenvalue weighted by Gasteiger charge is -2.08. The van der Waals surface area contributed by atoms with Crippen LogP contribution in [0.4, 0.5) is 4.79 Å². The van der Waals surface area contributed by atoms with Gasteiger partial charge < -0.3 is 15.4 Å². The van der Waals surface area contributed by atoms with Gasteiger partial charge in [-0.15, -0.1) is 0 Å². The number of hydrogen-bond acceptors (Lipinski definition) is 2. The minimum atomic E-state index is -0.128. The first-order valence-electron chi connectivity index (χ1n) is 6.01. The molecule has 0 atom stereocenters. The van der Waals surface area contributed by atoms with Gasteiger partial charge in [0.2, 0.25) is 0 Å². The predicted octanol–water partition coefficient (Wildman–Crippen LogP) is 2.60. The van der Waals surface area contributed by atoms with Crippen LogP contribution < -0.4 is 15.4 Å². The van der Waals surface area contributed by atoms with Crippen molar-refractivity contribution in [2.45, 2.75) is 19.8 Å². The summed E-state index contributed by atoms with van der Waals surface area (Å²) >= 11 is 6.01. The Morgan fingerprint density at radius 3 is 2.67 bits per heavy atom. The zero-order valence-electron chi connectivity index (χ0n) is 10.8. The molecule has 0 bridgehead atoms. The number of benzene rings is 1. The third-order valence-electron chi connectivity index (χ3n) is 2.45. The van der Waals surface area contributed by atoms with E-state index in [1.54, 1.807) is 7.11 Å². The van der Waals surface area contributed by atoms with Crippen LogP contribution in [0.15, 0.2) is 18.2 Å². The molecule has 0 aliphatic heterocycles.